The van der Waals surface area contributed by atoms with Crippen LogP contribution in [0.4, 0.5) is 5.82 Å². The predicted octanol–water partition coefficient (Wildman–Crippen LogP) is 2.97. The first-order chi connectivity index (χ1) is 10.1. The highest BCUT2D eigenvalue weighted by Crippen LogP contribution is 2.41. The molecule has 0 atom stereocenters. The Hall–Kier alpha value is -1.60. The van der Waals surface area contributed by atoms with Crippen molar-refractivity contribution in [3.05, 3.63) is 22.9 Å². The average Bonchev–Trinajstić information content (AvgIpc) is 2.48. The van der Waals surface area contributed by atoms with E-state index in [0.717, 1.165) is 48.9 Å². The second-order valence-corrected chi connectivity index (χ2v) is 6.49. The fourth-order valence-electron chi connectivity index (χ4n) is 3.68. The van der Waals surface area contributed by atoms with Gasteiger partial charge in [-0.2, -0.15) is 5.26 Å². The van der Waals surface area contributed by atoms with Crippen molar-refractivity contribution in [2.75, 3.05) is 31.2 Å². The van der Waals surface area contributed by atoms with E-state index in [1.54, 1.807) is 0 Å². The lowest BCUT2D eigenvalue weighted by atomic mass is 9.72. The van der Waals surface area contributed by atoms with Crippen LogP contribution in [0.25, 0.3) is 0 Å². The number of anilines is 1. The zero-order valence-electron chi connectivity index (χ0n) is 13.0. The van der Waals surface area contributed by atoms with Gasteiger partial charge < -0.3 is 9.64 Å². The molecule has 112 valence electrons. The quantitative estimate of drug-likeness (QED) is 0.796. The van der Waals surface area contributed by atoms with Gasteiger partial charge in [-0.05, 0) is 56.6 Å². The SMILES string of the molecule is Cc1cc(C)c(C#N)c(N2CCC3(CCOCC3)CC2)n1. The van der Waals surface area contributed by atoms with Gasteiger partial charge in [0, 0.05) is 32.0 Å². The van der Waals surface area contributed by atoms with Crippen LogP contribution in [0, 0.1) is 30.6 Å². The number of pyridine rings is 1. The van der Waals surface area contributed by atoms with Crippen LogP contribution in [0.15, 0.2) is 6.07 Å². The van der Waals surface area contributed by atoms with Crippen molar-refractivity contribution >= 4 is 5.82 Å². The molecule has 0 N–H and O–H groups in total. The minimum atomic E-state index is 0.473. The molecule has 21 heavy (non-hydrogen) atoms. The number of piperidine rings is 1. The summed E-state index contributed by atoms with van der Waals surface area (Å²) in [6.07, 6.45) is 4.75. The molecule has 2 aliphatic rings. The molecule has 0 radical (unpaired) electrons. The highest BCUT2D eigenvalue weighted by atomic mass is 16.5. The number of ether oxygens (including phenoxy) is 1. The Bertz CT molecular complexity index is 560. The third-order valence-electron chi connectivity index (χ3n) is 5.11. The van der Waals surface area contributed by atoms with Crippen LogP contribution in [0.1, 0.15) is 42.5 Å². The maximum atomic E-state index is 9.43. The molecule has 1 aromatic rings. The second kappa shape index (κ2) is 5.65. The van der Waals surface area contributed by atoms with Crippen LogP contribution in [-0.2, 0) is 4.74 Å². The summed E-state index contributed by atoms with van der Waals surface area (Å²) in [5.74, 6) is 0.886. The molecule has 0 unspecified atom stereocenters. The first kappa shape index (κ1) is 14.3. The molecule has 2 aliphatic heterocycles. The summed E-state index contributed by atoms with van der Waals surface area (Å²) < 4.78 is 5.51. The Balaban J connectivity index is 1.80. The number of rotatable bonds is 1. The van der Waals surface area contributed by atoms with Gasteiger partial charge in [-0.3, -0.25) is 0 Å². The van der Waals surface area contributed by atoms with Crippen LogP contribution < -0.4 is 4.90 Å². The maximum absolute atomic E-state index is 9.43. The highest BCUT2D eigenvalue weighted by Gasteiger charge is 2.36. The summed E-state index contributed by atoms with van der Waals surface area (Å²) >= 11 is 0. The molecule has 4 heteroatoms. The van der Waals surface area contributed by atoms with Gasteiger partial charge in [-0.1, -0.05) is 0 Å². The molecule has 0 aromatic carbocycles. The van der Waals surface area contributed by atoms with Crippen molar-refractivity contribution < 1.29 is 4.74 Å². The molecule has 0 aliphatic carbocycles. The van der Waals surface area contributed by atoms with Crippen molar-refractivity contribution in [2.45, 2.75) is 39.5 Å². The third-order valence-corrected chi connectivity index (χ3v) is 5.11. The molecule has 4 nitrogen and oxygen atoms in total. The number of hydrogen-bond acceptors (Lipinski definition) is 4. The molecular weight excluding hydrogens is 262 g/mol. The normalized spacial score (nSPS) is 21.3. The summed E-state index contributed by atoms with van der Waals surface area (Å²) in [6, 6.07) is 4.33. The molecule has 2 saturated heterocycles. The van der Waals surface area contributed by atoms with E-state index in [9.17, 15) is 5.26 Å². The van der Waals surface area contributed by atoms with E-state index in [0.29, 0.717) is 5.41 Å². The lowest BCUT2D eigenvalue weighted by Gasteiger charge is -2.44. The third kappa shape index (κ3) is 2.75. The predicted molar refractivity (Wildman–Crippen MR) is 82.4 cm³/mol. The van der Waals surface area contributed by atoms with Crippen molar-refractivity contribution in [1.29, 1.82) is 5.26 Å². The minimum Gasteiger partial charge on any atom is -0.381 e. The van der Waals surface area contributed by atoms with Crippen molar-refractivity contribution in [1.82, 2.24) is 4.98 Å². The Morgan fingerprint density at radius 1 is 1.19 bits per heavy atom. The molecule has 0 amide bonds. The van der Waals surface area contributed by atoms with Crippen LogP contribution in [0.2, 0.25) is 0 Å². The smallest absolute Gasteiger partial charge is 0.147 e. The molecule has 1 aromatic heterocycles. The Morgan fingerprint density at radius 2 is 1.86 bits per heavy atom. The molecule has 3 heterocycles. The molecule has 0 bridgehead atoms. The topological polar surface area (TPSA) is 49.2 Å². The Morgan fingerprint density at radius 3 is 2.48 bits per heavy atom. The zero-order chi connectivity index (χ0) is 14.9. The number of aryl methyl sites for hydroxylation is 2. The van der Waals surface area contributed by atoms with Gasteiger partial charge in [0.05, 0.1) is 5.56 Å². The number of hydrogen-bond donors (Lipinski definition) is 0. The van der Waals surface area contributed by atoms with E-state index >= 15 is 0 Å². The van der Waals surface area contributed by atoms with E-state index in [-0.39, 0.29) is 0 Å². The van der Waals surface area contributed by atoms with E-state index in [4.69, 9.17) is 4.74 Å². The van der Waals surface area contributed by atoms with E-state index in [2.05, 4.69) is 16.0 Å². The zero-order valence-corrected chi connectivity index (χ0v) is 13.0. The van der Waals surface area contributed by atoms with Gasteiger partial charge >= 0.3 is 0 Å². The largest absolute Gasteiger partial charge is 0.381 e. The van der Waals surface area contributed by atoms with E-state index in [1.807, 2.05) is 19.9 Å². The Kier molecular flexibility index (Phi) is 3.86. The summed E-state index contributed by atoms with van der Waals surface area (Å²) in [5.41, 5.74) is 3.24. The van der Waals surface area contributed by atoms with Gasteiger partial charge in [0.2, 0.25) is 0 Å². The van der Waals surface area contributed by atoms with Crippen LogP contribution in [-0.4, -0.2) is 31.3 Å². The van der Waals surface area contributed by atoms with Crippen molar-refractivity contribution in [2.24, 2.45) is 5.41 Å². The molecule has 2 fully saturated rings. The number of nitrogens with zero attached hydrogens (tertiary/aromatic N) is 3. The molecular formula is C17H23N3O. The monoisotopic (exact) mass is 285 g/mol. The lowest BCUT2D eigenvalue weighted by molar-refractivity contribution is 0.00205. The van der Waals surface area contributed by atoms with Gasteiger partial charge in [-0.15, -0.1) is 0 Å². The summed E-state index contributed by atoms with van der Waals surface area (Å²) in [5, 5.41) is 9.43. The molecule has 3 rings (SSSR count). The Labute approximate surface area is 126 Å². The fourth-order valence-corrected chi connectivity index (χ4v) is 3.68. The van der Waals surface area contributed by atoms with E-state index < -0.39 is 0 Å². The van der Waals surface area contributed by atoms with Crippen LogP contribution >= 0.6 is 0 Å². The molecule has 1 spiro atoms. The highest BCUT2D eigenvalue weighted by molar-refractivity contribution is 5.58. The van der Waals surface area contributed by atoms with Gasteiger partial charge in [0.1, 0.15) is 11.9 Å². The van der Waals surface area contributed by atoms with Crippen molar-refractivity contribution in [3.63, 3.8) is 0 Å². The summed E-state index contributed by atoms with van der Waals surface area (Å²) in [4.78, 5) is 6.95. The molecule has 0 saturated carbocycles. The number of nitriles is 1. The second-order valence-electron chi connectivity index (χ2n) is 6.49. The van der Waals surface area contributed by atoms with Gasteiger partial charge in [0.25, 0.3) is 0 Å². The minimum absolute atomic E-state index is 0.473. The first-order valence-electron chi connectivity index (χ1n) is 7.85. The van der Waals surface area contributed by atoms with Crippen LogP contribution in [0.3, 0.4) is 0 Å². The van der Waals surface area contributed by atoms with E-state index in [1.165, 1.54) is 25.7 Å². The first-order valence-corrected chi connectivity index (χ1v) is 7.85. The van der Waals surface area contributed by atoms with Gasteiger partial charge in [-0.25, -0.2) is 4.98 Å². The fraction of sp³-hybridized carbons (Fsp3) is 0.647. The van der Waals surface area contributed by atoms with Crippen LogP contribution in [0.5, 0.6) is 0 Å². The summed E-state index contributed by atoms with van der Waals surface area (Å²) in [7, 11) is 0. The summed E-state index contributed by atoms with van der Waals surface area (Å²) in [6.45, 7) is 7.83. The number of aromatic nitrogens is 1. The standard InChI is InChI=1S/C17H23N3O/c1-13-11-14(2)19-16(15(13)12-18)20-7-3-17(4-8-20)5-9-21-10-6-17/h11H,3-10H2,1-2H3. The van der Waals surface area contributed by atoms with Gasteiger partial charge in [0.15, 0.2) is 0 Å². The average molecular weight is 285 g/mol. The van der Waals surface area contributed by atoms with Crippen molar-refractivity contribution in [3.8, 4) is 6.07 Å². The lowest BCUT2D eigenvalue weighted by Crippen LogP contribution is -2.43. The maximum Gasteiger partial charge on any atom is 0.147 e.